The molecule has 86 valence electrons. The normalized spacial score (nSPS) is 26.4. The molecular weight excluding hydrogens is 198 g/mol. The molecule has 5 heteroatoms. The maximum absolute atomic E-state index is 11.3. The first-order valence-electron chi connectivity index (χ1n) is 4.99. The fourth-order valence-electron chi connectivity index (χ4n) is 1.21. The van der Waals surface area contributed by atoms with Gasteiger partial charge in [-0.25, -0.2) is 0 Å². The zero-order chi connectivity index (χ0) is 11.5. The Labute approximate surface area is 89.1 Å². The van der Waals surface area contributed by atoms with Gasteiger partial charge in [0.1, 0.15) is 0 Å². The van der Waals surface area contributed by atoms with Gasteiger partial charge in [-0.1, -0.05) is 6.92 Å². The number of amides is 1. The Balaban J connectivity index is 2.56. The molecule has 1 aliphatic heterocycles. The van der Waals surface area contributed by atoms with E-state index >= 15 is 0 Å². The molecule has 1 atom stereocenters. The van der Waals surface area contributed by atoms with Gasteiger partial charge in [-0.3, -0.25) is 4.79 Å². The monoisotopic (exact) mass is 215 g/mol. The number of hydrogen-bond donors (Lipinski definition) is 2. The lowest BCUT2D eigenvalue weighted by molar-refractivity contribution is -0.173. The van der Waals surface area contributed by atoms with Crippen LogP contribution in [0, 0.1) is 0 Å². The molecule has 0 aromatic rings. The molecule has 15 heavy (non-hydrogen) atoms. The Morgan fingerprint density at radius 2 is 2.33 bits per heavy atom. The van der Waals surface area contributed by atoms with Gasteiger partial charge in [0, 0.05) is 26.5 Å². The highest BCUT2D eigenvalue weighted by Gasteiger charge is 2.37. The smallest absolute Gasteiger partial charge is 0.247 e. The van der Waals surface area contributed by atoms with Crippen LogP contribution in [0.4, 0.5) is 0 Å². The van der Waals surface area contributed by atoms with Gasteiger partial charge in [-0.05, 0) is 6.42 Å². The summed E-state index contributed by atoms with van der Waals surface area (Å²) in [5.74, 6) is -1.02. The van der Waals surface area contributed by atoms with Crippen LogP contribution in [-0.4, -0.2) is 29.6 Å². The second kappa shape index (κ2) is 4.63. The third kappa shape index (κ3) is 3.53. The standard InChI is InChI=1S/C10H17NO4/c1-4-5-11-8(12)6-7-9(13)15-10(2,3)14-7/h6,9,13H,4-5H2,1-3H3,(H,11,12). The van der Waals surface area contributed by atoms with Crippen molar-refractivity contribution in [3.8, 4) is 0 Å². The van der Waals surface area contributed by atoms with Gasteiger partial charge >= 0.3 is 0 Å². The van der Waals surface area contributed by atoms with E-state index < -0.39 is 12.1 Å². The van der Waals surface area contributed by atoms with E-state index in [0.717, 1.165) is 6.42 Å². The van der Waals surface area contributed by atoms with Crippen molar-refractivity contribution >= 4 is 5.91 Å². The van der Waals surface area contributed by atoms with Crippen LogP contribution in [0.1, 0.15) is 27.2 Å². The van der Waals surface area contributed by atoms with Crippen LogP contribution in [0.3, 0.4) is 0 Å². The summed E-state index contributed by atoms with van der Waals surface area (Å²) in [6.45, 7) is 5.89. The quantitative estimate of drug-likeness (QED) is 0.673. The van der Waals surface area contributed by atoms with Gasteiger partial charge in [0.25, 0.3) is 0 Å². The van der Waals surface area contributed by atoms with E-state index in [4.69, 9.17) is 9.47 Å². The van der Waals surface area contributed by atoms with E-state index in [1.165, 1.54) is 6.08 Å². The molecular formula is C10H17NO4. The molecule has 1 aliphatic rings. The summed E-state index contributed by atoms with van der Waals surface area (Å²) in [4.78, 5) is 11.3. The summed E-state index contributed by atoms with van der Waals surface area (Å²) in [6.07, 6.45) is 0.919. The van der Waals surface area contributed by atoms with Gasteiger partial charge in [-0.2, -0.15) is 0 Å². The molecule has 0 spiro atoms. The highest BCUT2D eigenvalue weighted by atomic mass is 16.8. The van der Waals surface area contributed by atoms with Gasteiger partial charge < -0.3 is 19.9 Å². The maximum atomic E-state index is 11.3. The van der Waals surface area contributed by atoms with E-state index in [1.807, 2.05) is 6.92 Å². The number of rotatable bonds is 3. The molecule has 0 aromatic carbocycles. The lowest BCUT2D eigenvalue weighted by atomic mass is 10.4. The summed E-state index contributed by atoms with van der Waals surface area (Å²) >= 11 is 0. The molecule has 1 heterocycles. The second-order valence-corrected chi connectivity index (χ2v) is 3.81. The van der Waals surface area contributed by atoms with Crippen molar-refractivity contribution in [2.45, 2.75) is 39.3 Å². The summed E-state index contributed by atoms with van der Waals surface area (Å²) in [5, 5.41) is 12.0. The van der Waals surface area contributed by atoms with Crippen molar-refractivity contribution in [3.05, 3.63) is 11.8 Å². The van der Waals surface area contributed by atoms with Gasteiger partial charge in [0.15, 0.2) is 5.76 Å². The van der Waals surface area contributed by atoms with E-state index in [1.54, 1.807) is 13.8 Å². The lowest BCUT2D eigenvalue weighted by Crippen LogP contribution is -2.23. The molecule has 1 amide bonds. The average molecular weight is 215 g/mol. The van der Waals surface area contributed by atoms with Crippen LogP contribution in [0.25, 0.3) is 0 Å². The highest BCUT2D eigenvalue weighted by molar-refractivity contribution is 5.88. The van der Waals surface area contributed by atoms with Gasteiger partial charge in [0.05, 0.1) is 0 Å². The molecule has 1 saturated heterocycles. The molecule has 0 saturated carbocycles. The first kappa shape index (κ1) is 12.0. The Hall–Kier alpha value is -1.07. The number of ether oxygens (including phenoxy) is 2. The second-order valence-electron chi connectivity index (χ2n) is 3.81. The number of hydrogen-bond acceptors (Lipinski definition) is 4. The molecule has 5 nitrogen and oxygen atoms in total. The third-order valence-electron chi connectivity index (χ3n) is 1.83. The first-order valence-corrected chi connectivity index (χ1v) is 4.99. The zero-order valence-electron chi connectivity index (χ0n) is 9.24. The number of nitrogens with one attached hydrogen (secondary N) is 1. The summed E-state index contributed by atoms with van der Waals surface area (Å²) < 4.78 is 10.3. The highest BCUT2D eigenvalue weighted by Crippen LogP contribution is 2.29. The predicted molar refractivity (Wildman–Crippen MR) is 53.6 cm³/mol. The Morgan fingerprint density at radius 3 is 2.80 bits per heavy atom. The van der Waals surface area contributed by atoms with Crippen LogP contribution in [0.5, 0.6) is 0 Å². The zero-order valence-corrected chi connectivity index (χ0v) is 9.24. The molecule has 0 radical (unpaired) electrons. The van der Waals surface area contributed by atoms with Crippen LogP contribution in [0.15, 0.2) is 11.8 Å². The van der Waals surface area contributed by atoms with Crippen LogP contribution in [-0.2, 0) is 14.3 Å². The topological polar surface area (TPSA) is 67.8 Å². The van der Waals surface area contributed by atoms with Gasteiger partial charge in [0.2, 0.25) is 18.0 Å². The fourth-order valence-corrected chi connectivity index (χ4v) is 1.21. The molecule has 1 fully saturated rings. The number of carbonyl (C=O) groups is 1. The summed E-state index contributed by atoms with van der Waals surface area (Å²) in [5.41, 5.74) is 0. The van der Waals surface area contributed by atoms with E-state index in [2.05, 4.69) is 5.32 Å². The Kier molecular flexibility index (Phi) is 3.71. The van der Waals surface area contributed by atoms with Crippen molar-refractivity contribution in [3.63, 3.8) is 0 Å². The minimum atomic E-state index is -1.16. The Morgan fingerprint density at radius 1 is 1.67 bits per heavy atom. The van der Waals surface area contributed by atoms with Crippen molar-refractivity contribution < 1.29 is 19.4 Å². The molecule has 0 bridgehead atoms. The van der Waals surface area contributed by atoms with Gasteiger partial charge in [-0.15, -0.1) is 0 Å². The minimum absolute atomic E-state index is 0.147. The number of aliphatic hydroxyl groups excluding tert-OH is 1. The maximum Gasteiger partial charge on any atom is 0.247 e. The SMILES string of the molecule is CCCNC(=O)C=C1OC(C)(C)OC1O. The van der Waals surface area contributed by atoms with Crippen molar-refractivity contribution in [1.29, 1.82) is 0 Å². The molecule has 1 unspecified atom stereocenters. The number of aliphatic hydroxyl groups is 1. The summed E-state index contributed by atoms with van der Waals surface area (Å²) in [6, 6.07) is 0. The molecule has 1 rings (SSSR count). The van der Waals surface area contributed by atoms with E-state index in [0.29, 0.717) is 6.54 Å². The third-order valence-corrected chi connectivity index (χ3v) is 1.83. The molecule has 2 N–H and O–H groups in total. The van der Waals surface area contributed by atoms with Crippen molar-refractivity contribution in [2.75, 3.05) is 6.54 Å². The fraction of sp³-hybridized carbons (Fsp3) is 0.700. The van der Waals surface area contributed by atoms with E-state index in [-0.39, 0.29) is 11.7 Å². The average Bonchev–Trinajstić information content (AvgIpc) is 2.36. The van der Waals surface area contributed by atoms with Crippen LogP contribution in [0.2, 0.25) is 0 Å². The largest absolute Gasteiger partial charge is 0.462 e. The van der Waals surface area contributed by atoms with Crippen molar-refractivity contribution in [2.24, 2.45) is 0 Å². The lowest BCUT2D eigenvalue weighted by Gasteiger charge is -2.14. The van der Waals surface area contributed by atoms with Crippen LogP contribution < -0.4 is 5.32 Å². The minimum Gasteiger partial charge on any atom is -0.462 e. The molecule has 0 aliphatic carbocycles. The summed E-state index contributed by atoms with van der Waals surface area (Å²) in [7, 11) is 0. The van der Waals surface area contributed by atoms with E-state index in [9.17, 15) is 9.90 Å². The Bertz CT molecular complexity index is 273. The first-order chi connectivity index (χ1) is 6.94. The van der Waals surface area contributed by atoms with Crippen LogP contribution >= 0.6 is 0 Å². The number of carbonyl (C=O) groups excluding carboxylic acids is 1. The molecule has 0 aromatic heterocycles. The predicted octanol–water partition coefficient (Wildman–Crippen LogP) is 0.498. The van der Waals surface area contributed by atoms with Crippen molar-refractivity contribution in [1.82, 2.24) is 5.32 Å².